The molecule has 1 aliphatic heterocycles. The van der Waals surface area contributed by atoms with E-state index in [1.807, 2.05) is 0 Å². The quantitative estimate of drug-likeness (QED) is 0.445. The van der Waals surface area contributed by atoms with Crippen LogP contribution in [0.5, 0.6) is 0 Å². The second-order valence-corrected chi connectivity index (χ2v) is 13.2. The van der Waals surface area contributed by atoms with Crippen molar-refractivity contribution in [2.75, 3.05) is 6.61 Å². The predicted molar refractivity (Wildman–Crippen MR) is 136 cm³/mol. The summed E-state index contributed by atoms with van der Waals surface area (Å²) in [6, 6.07) is 6.99. The summed E-state index contributed by atoms with van der Waals surface area (Å²) < 4.78 is 5.86. The Kier molecular flexibility index (Phi) is 7.00. The van der Waals surface area contributed by atoms with Crippen LogP contribution in [0.15, 0.2) is 24.3 Å². The summed E-state index contributed by atoms with van der Waals surface area (Å²) in [6.07, 6.45) is 0.985. The normalized spacial score (nSPS) is 44.9. The summed E-state index contributed by atoms with van der Waals surface area (Å²) in [5.41, 5.74) is 0.234. The van der Waals surface area contributed by atoms with E-state index < -0.39 is 29.8 Å². The molecule has 0 aromatic heterocycles. The first kappa shape index (κ1) is 26.4. The Morgan fingerprint density at radius 2 is 1.67 bits per heavy atom. The molecule has 0 bridgehead atoms. The molecule has 1 aromatic carbocycles. The highest BCUT2D eigenvalue weighted by Gasteiger charge is 2.63. The Bertz CT molecular complexity index is 969. The molecule has 4 fully saturated rings. The number of benzene rings is 1. The van der Waals surface area contributed by atoms with Crippen LogP contribution in [0.3, 0.4) is 0 Å². The van der Waals surface area contributed by atoms with Crippen molar-refractivity contribution in [1.29, 1.82) is 0 Å². The minimum absolute atomic E-state index is 0.0311. The number of aliphatic hydroxyl groups excluding tert-OH is 4. The Labute approximate surface area is 219 Å². The smallest absolute Gasteiger partial charge is 0.309 e. The molecular weight excluding hydrogens is 480 g/mol. The highest BCUT2D eigenvalue weighted by atomic mass is 35.5. The summed E-state index contributed by atoms with van der Waals surface area (Å²) >= 11 is 6.00. The fourth-order valence-corrected chi connectivity index (χ4v) is 9.20. The molecule has 3 saturated carbocycles. The molecule has 6 nitrogen and oxygen atoms in total. The monoisotopic (exact) mass is 520 g/mol. The van der Waals surface area contributed by atoms with E-state index in [0.717, 1.165) is 25.7 Å². The average Bonchev–Trinajstić information content (AvgIpc) is 3.16. The van der Waals surface area contributed by atoms with Gasteiger partial charge in [0.25, 0.3) is 0 Å². The van der Waals surface area contributed by atoms with Crippen LogP contribution in [0.25, 0.3) is 0 Å². The fraction of sp³-hybridized carbons (Fsp3) is 0.759. The molecule has 7 heteroatoms. The molecule has 200 valence electrons. The maximum Gasteiger partial charge on any atom is 0.309 e. The maximum absolute atomic E-state index is 13.0. The highest BCUT2D eigenvalue weighted by Crippen LogP contribution is 2.66. The molecule has 4 N–H and O–H groups in total. The van der Waals surface area contributed by atoms with Crippen LogP contribution in [0, 0.1) is 46.3 Å². The number of cyclic esters (lactones) is 1. The molecule has 3 aliphatic carbocycles. The van der Waals surface area contributed by atoms with Crippen molar-refractivity contribution >= 4 is 17.6 Å². The third-order valence-corrected chi connectivity index (χ3v) is 11.4. The van der Waals surface area contributed by atoms with E-state index in [2.05, 4.69) is 20.8 Å². The molecule has 1 saturated heterocycles. The van der Waals surface area contributed by atoms with Crippen molar-refractivity contribution in [2.45, 2.75) is 83.7 Å². The van der Waals surface area contributed by atoms with Crippen LogP contribution >= 0.6 is 11.6 Å². The third-order valence-electron chi connectivity index (χ3n) is 11.1. The van der Waals surface area contributed by atoms with Gasteiger partial charge >= 0.3 is 5.97 Å². The summed E-state index contributed by atoms with van der Waals surface area (Å²) in [4.78, 5) is 13.0. The van der Waals surface area contributed by atoms with E-state index in [0.29, 0.717) is 29.5 Å². The number of rotatable bonds is 4. The minimum atomic E-state index is -0.982. The molecular formula is C29H41ClO6. The van der Waals surface area contributed by atoms with Crippen molar-refractivity contribution < 1.29 is 30.0 Å². The molecule has 1 unspecified atom stereocenters. The van der Waals surface area contributed by atoms with E-state index in [-0.39, 0.29) is 47.4 Å². The first-order valence-electron chi connectivity index (χ1n) is 13.6. The first-order chi connectivity index (χ1) is 17.0. The number of ether oxygens (including phenoxy) is 1. The Morgan fingerprint density at radius 3 is 2.36 bits per heavy atom. The van der Waals surface area contributed by atoms with Crippen LogP contribution in [0.2, 0.25) is 5.02 Å². The van der Waals surface area contributed by atoms with E-state index in [1.165, 1.54) is 0 Å². The number of fused-ring (bicyclic) bond motifs is 5. The fourth-order valence-electron chi connectivity index (χ4n) is 9.08. The topological polar surface area (TPSA) is 107 Å². The lowest BCUT2D eigenvalue weighted by Gasteiger charge is -2.56. The lowest BCUT2D eigenvalue weighted by molar-refractivity contribution is -0.162. The van der Waals surface area contributed by atoms with Gasteiger partial charge in [0.15, 0.2) is 0 Å². The van der Waals surface area contributed by atoms with Gasteiger partial charge in [0.05, 0.1) is 30.8 Å². The van der Waals surface area contributed by atoms with Gasteiger partial charge in [-0.1, -0.05) is 44.5 Å². The number of esters is 1. The van der Waals surface area contributed by atoms with Gasteiger partial charge in [-0.15, -0.1) is 0 Å². The number of hydrogen-bond donors (Lipinski definition) is 4. The zero-order chi connectivity index (χ0) is 26.0. The Balaban J connectivity index is 1.38. The minimum Gasteiger partial charge on any atom is -0.465 e. The second-order valence-electron chi connectivity index (χ2n) is 12.7. The molecule has 4 aliphatic rings. The lowest BCUT2D eigenvalue weighted by atomic mass is 9.48. The van der Waals surface area contributed by atoms with E-state index in [4.69, 9.17) is 16.3 Å². The molecule has 0 radical (unpaired) electrons. The van der Waals surface area contributed by atoms with Crippen molar-refractivity contribution in [1.82, 2.24) is 0 Å². The van der Waals surface area contributed by atoms with Gasteiger partial charge in [-0.2, -0.15) is 0 Å². The maximum atomic E-state index is 13.0. The van der Waals surface area contributed by atoms with E-state index in [9.17, 15) is 25.2 Å². The highest BCUT2D eigenvalue weighted by molar-refractivity contribution is 6.30. The SMILES string of the molecule is C[C@H]([C@@H](O)[C@H](O)c1ccc(Cl)cc1)[C@H]1CC[C@H]2[C@@H]3COC(=O)C4C[C@H](O)[C@H](O)C[C@]4(C)[C@H]3CC[C@]12C. The summed E-state index contributed by atoms with van der Waals surface area (Å²) in [5.74, 6) is 0.295. The average molecular weight is 521 g/mol. The summed E-state index contributed by atoms with van der Waals surface area (Å²) in [5, 5.41) is 43.7. The first-order valence-corrected chi connectivity index (χ1v) is 14.0. The van der Waals surface area contributed by atoms with Crippen LogP contribution in [0.4, 0.5) is 0 Å². The zero-order valence-electron chi connectivity index (χ0n) is 21.5. The van der Waals surface area contributed by atoms with Gasteiger partial charge in [0.1, 0.15) is 6.10 Å². The Hall–Kier alpha value is -1.18. The van der Waals surface area contributed by atoms with Crippen molar-refractivity contribution in [3.05, 3.63) is 34.9 Å². The standard InChI is InChI=1S/C29H41ClO6/c1-15(25(33)26(34)16-4-6-17(30)7-5-16)19-8-9-20-18-14-36-27(35)22-12-23(31)24(32)13-29(22,3)21(18)10-11-28(19,20)2/h4-7,15,18-26,31-34H,8-14H2,1-3H3/t15-,18-,19+,20-,21-,22?,23-,24+,25+,26+,28+,29+/m0/s1. The van der Waals surface area contributed by atoms with Crippen molar-refractivity contribution in [3.8, 4) is 0 Å². The van der Waals surface area contributed by atoms with Crippen molar-refractivity contribution in [3.63, 3.8) is 0 Å². The van der Waals surface area contributed by atoms with Gasteiger partial charge < -0.3 is 25.2 Å². The van der Waals surface area contributed by atoms with Crippen LogP contribution in [0.1, 0.15) is 71.0 Å². The molecule has 12 atom stereocenters. The Morgan fingerprint density at radius 1 is 1.00 bits per heavy atom. The third kappa shape index (κ3) is 4.12. The molecule has 0 spiro atoms. The van der Waals surface area contributed by atoms with E-state index >= 15 is 0 Å². The second kappa shape index (κ2) is 9.53. The largest absolute Gasteiger partial charge is 0.465 e. The number of carbonyl (C=O) groups is 1. The number of halogens is 1. The summed E-state index contributed by atoms with van der Waals surface area (Å²) in [6.45, 7) is 6.90. The van der Waals surface area contributed by atoms with Gasteiger partial charge in [-0.25, -0.2) is 0 Å². The van der Waals surface area contributed by atoms with Crippen LogP contribution < -0.4 is 0 Å². The molecule has 1 heterocycles. The molecule has 1 aromatic rings. The lowest BCUT2D eigenvalue weighted by Crippen LogP contribution is -2.54. The molecule has 0 amide bonds. The number of carbonyl (C=O) groups excluding carboxylic acids is 1. The van der Waals surface area contributed by atoms with Gasteiger partial charge in [-0.05, 0) is 96.6 Å². The van der Waals surface area contributed by atoms with Gasteiger partial charge in [0, 0.05) is 5.02 Å². The predicted octanol–water partition coefficient (Wildman–Crippen LogP) is 4.12. The number of aliphatic hydroxyl groups is 4. The summed E-state index contributed by atoms with van der Waals surface area (Å²) in [7, 11) is 0. The zero-order valence-corrected chi connectivity index (χ0v) is 22.3. The van der Waals surface area contributed by atoms with Gasteiger partial charge in [0.2, 0.25) is 0 Å². The molecule has 5 rings (SSSR count). The van der Waals surface area contributed by atoms with Gasteiger partial charge in [-0.3, -0.25) is 4.79 Å². The molecule has 36 heavy (non-hydrogen) atoms. The van der Waals surface area contributed by atoms with Crippen LogP contribution in [-0.4, -0.2) is 51.3 Å². The van der Waals surface area contributed by atoms with E-state index in [1.54, 1.807) is 24.3 Å². The van der Waals surface area contributed by atoms with Crippen LogP contribution in [-0.2, 0) is 9.53 Å². The van der Waals surface area contributed by atoms with Crippen molar-refractivity contribution in [2.24, 2.45) is 46.3 Å². The number of hydrogen-bond acceptors (Lipinski definition) is 6.